The third-order valence-electron chi connectivity index (χ3n) is 4.75. The number of nitriles is 1. The van der Waals surface area contributed by atoms with Crippen LogP contribution < -0.4 is 0 Å². The fourth-order valence-corrected chi connectivity index (χ4v) is 4.19. The van der Waals surface area contributed by atoms with Crippen LogP contribution in [-0.2, 0) is 7.05 Å². The van der Waals surface area contributed by atoms with Gasteiger partial charge >= 0.3 is 0 Å². The van der Waals surface area contributed by atoms with Crippen LogP contribution in [0.15, 0.2) is 59.4 Å². The van der Waals surface area contributed by atoms with E-state index >= 15 is 0 Å². The molecule has 0 saturated carbocycles. The number of rotatable bonds is 4. The summed E-state index contributed by atoms with van der Waals surface area (Å²) in [6.45, 7) is 0. The second-order valence-electron chi connectivity index (χ2n) is 6.47. The number of imidazole rings is 2. The van der Waals surface area contributed by atoms with Gasteiger partial charge in [-0.05, 0) is 24.3 Å². The van der Waals surface area contributed by atoms with Crippen molar-refractivity contribution in [2.45, 2.75) is 5.16 Å². The van der Waals surface area contributed by atoms with Gasteiger partial charge in [0.1, 0.15) is 17.4 Å². The van der Waals surface area contributed by atoms with Crippen molar-refractivity contribution >= 4 is 45.2 Å². The van der Waals surface area contributed by atoms with Crippen LogP contribution in [0, 0.1) is 11.3 Å². The van der Waals surface area contributed by atoms with Crippen LogP contribution >= 0.6 is 11.8 Å². The lowest BCUT2D eigenvalue weighted by molar-refractivity contribution is 0.420. The number of nitrogens with zero attached hydrogens (tertiary/aromatic N) is 6. The highest BCUT2D eigenvalue weighted by Gasteiger charge is 2.18. The largest absolute Gasteiger partial charge is 0.510 e. The molecule has 2 N–H and O–H groups in total. The zero-order chi connectivity index (χ0) is 20.0. The first kappa shape index (κ1) is 17.3. The Morgan fingerprint density at radius 2 is 1.79 bits per heavy atom. The molecule has 3 aromatic heterocycles. The molecule has 8 nitrogen and oxygen atoms in total. The molecule has 0 aliphatic heterocycles. The first-order valence-electron chi connectivity index (χ1n) is 8.86. The van der Waals surface area contributed by atoms with E-state index in [9.17, 15) is 10.4 Å². The minimum Gasteiger partial charge on any atom is -0.510 e. The average molecular weight is 401 g/mol. The van der Waals surface area contributed by atoms with Crippen molar-refractivity contribution in [3.05, 3.63) is 60.1 Å². The lowest BCUT2D eigenvalue weighted by Gasteiger charge is -2.05. The van der Waals surface area contributed by atoms with E-state index in [4.69, 9.17) is 0 Å². The molecule has 0 fully saturated rings. The summed E-state index contributed by atoms with van der Waals surface area (Å²) in [5, 5.41) is 28.2. The van der Waals surface area contributed by atoms with Crippen molar-refractivity contribution in [2.24, 2.45) is 7.05 Å². The summed E-state index contributed by atoms with van der Waals surface area (Å²) in [6, 6.07) is 17.5. The Kier molecular flexibility index (Phi) is 4.00. The Labute approximate surface area is 169 Å². The summed E-state index contributed by atoms with van der Waals surface area (Å²) < 4.78 is 3.71. The number of thioether (sulfide) groups is 1. The van der Waals surface area contributed by atoms with Gasteiger partial charge in [-0.3, -0.25) is 4.40 Å². The fraction of sp³-hybridized carbons (Fsp3) is 0.100. The Morgan fingerprint density at radius 3 is 2.52 bits per heavy atom. The molecule has 2 aromatic carbocycles. The van der Waals surface area contributed by atoms with Gasteiger partial charge in [-0.15, -0.1) is 5.10 Å². The number of aromatic nitrogens is 6. The van der Waals surface area contributed by atoms with E-state index in [2.05, 4.69) is 26.2 Å². The summed E-state index contributed by atoms with van der Waals surface area (Å²) in [4.78, 5) is 9.00. The highest BCUT2D eigenvalue weighted by Crippen LogP contribution is 2.27. The molecular weight excluding hydrogens is 386 g/mol. The molecule has 0 unspecified atom stereocenters. The third-order valence-corrected chi connectivity index (χ3v) is 5.70. The SMILES string of the molecule is Cn1c(/C(C#N)=C(\O)CSc2n[nH]c3nc4ccccc4n23)nc2ccccc21. The standard InChI is InChI=1S/C20H15N7OS/c1-26-15-8-4-2-6-13(15)22-18(26)12(10-21)17(28)11-29-20-25-24-19-23-14-7-3-5-9-16(14)27(19)20/h2-9,28H,11H2,1H3,(H,23,24)/b17-12-. The molecule has 5 aromatic rings. The van der Waals surface area contributed by atoms with E-state index in [1.54, 1.807) is 0 Å². The molecule has 0 atom stereocenters. The van der Waals surface area contributed by atoms with E-state index in [-0.39, 0.29) is 17.1 Å². The van der Waals surface area contributed by atoms with Crippen molar-refractivity contribution in [1.82, 2.24) is 29.1 Å². The van der Waals surface area contributed by atoms with Crippen molar-refractivity contribution in [1.29, 1.82) is 5.26 Å². The number of H-pyrrole nitrogens is 1. The third kappa shape index (κ3) is 2.73. The van der Waals surface area contributed by atoms with Crippen molar-refractivity contribution in [3.63, 3.8) is 0 Å². The zero-order valence-corrected chi connectivity index (χ0v) is 16.2. The van der Waals surface area contributed by atoms with Crippen LogP contribution in [0.4, 0.5) is 0 Å². The fourth-order valence-electron chi connectivity index (χ4n) is 3.36. The summed E-state index contributed by atoms with van der Waals surface area (Å²) in [5.41, 5.74) is 3.61. The van der Waals surface area contributed by atoms with E-state index in [0.29, 0.717) is 16.8 Å². The van der Waals surface area contributed by atoms with Gasteiger partial charge in [-0.25, -0.2) is 15.1 Å². The molecule has 0 radical (unpaired) electrons. The van der Waals surface area contributed by atoms with Gasteiger partial charge in [0.05, 0.1) is 27.8 Å². The Bertz CT molecular complexity index is 1450. The van der Waals surface area contributed by atoms with Gasteiger partial charge in [0, 0.05) is 7.05 Å². The highest BCUT2D eigenvalue weighted by molar-refractivity contribution is 7.99. The van der Waals surface area contributed by atoms with Crippen LogP contribution in [0.3, 0.4) is 0 Å². The molecule has 0 spiro atoms. The van der Waals surface area contributed by atoms with E-state index in [0.717, 1.165) is 22.1 Å². The van der Waals surface area contributed by atoms with Crippen molar-refractivity contribution in [3.8, 4) is 6.07 Å². The molecule has 0 bridgehead atoms. The summed E-state index contributed by atoms with van der Waals surface area (Å²) in [7, 11) is 1.83. The van der Waals surface area contributed by atoms with E-state index in [1.807, 2.05) is 64.5 Å². The predicted molar refractivity (Wildman–Crippen MR) is 111 cm³/mol. The number of aliphatic hydroxyl groups is 1. The first-order valence-corrected chi connectivity index (χ1v) is 9.84. The molecule has 0 saturated heterocycles. The molecule has 0 aliphatic carbocycles. The predicted octanol–water partition coefficient (Wildman–Crippen LogP) is 3.68. The number of allylic oxidation sites excluding steroid dienone is 1. The second-order valence-corrected chi connectivity index (χ2v) is 7.41. The monoisotopic (exact) mass is 401 g/mol. The molecule has 3 heterocycles. The lowest BCUT2D eigenvalue weighted by atomic mass is 10.2. The van der Waals surface area contributed by atoms with Crippen molar-refractivity contribution in [2.75, 3.05) is 5.75 Å². The maximum Gasteiger partial charge on any atom is 0.231 e. The van der Waals surface area contributed by atoms with Gasteiger partial charge in [-0.1, -0.05) is 36.0 Å². The van der Waals surface area contributed by atoms with Crippen molar-refractivity contribution < 1.29 is 5.11 Å². The smallest absolute Gasteiger partial charge is 0.231 e. The number of aliphatic hydroxyl groups excluding tert-OH is 1. The quantitative estimate of drug-likeness (QED) is 0.270. The highest BCUT2D eigenvalue weighted by atomic mass is 32.2. The van der Waals surface area contributed by atoms with Gasteiger partial charge in [0.25, 0.3) is 0 Å². The Balaban J connectivity index is 1.51. The minimum absolute atomic E-state index is 0.0449. The zero-order valence-electron chi connectivity index (χ0n) is 15.4. The summed E-state index contributed by atoms with van der Waals surface area (Å²) >= 11 is 1.32. The Hall–Kier alpha value is -3.77. The topological polar surface area (TPSA) is 108 Å². The molecule has 29 heavy (non-hydrogen) atoms. The van der Waals surface area contributed by atoms with Crippen LogP contribution in [0.2, 0.25) is 0 Å². The molecule has 142 valence electrons. The maximum absolute atomic E-state index is 10.7. The lowest BCUT2D eigenvalue weighted by Crippen LogP contribution is -2.01. The van der Waals surface area contributed by atoms with E-state index < -0.39 is 0 Å². The first-order chi connectivity index (χ1) is 14.2. The average Bonchev–Trinajstić information content (AvgIpc) is 3.40. The summed E-state index contributed by atoms with van der Waals surface area (Å²) in [5.74, 6) is 1.20. The number of para-hydroxylation sites is 4. The van der Waals surface area contributed by atoms with Gasteiger partial charge in [-0.2, -0.15) is 5.26 Å². The minimum atomic E-state index is -0.0449. The van der Waals surface area contributed by atoms with Crippen LogP contribution in [-0.4, -0.2) is 40.0 Å². The molecule has 5 rings (SSSR count). The Morgan fingerprint density at radius 1 is 1.10 bits per heavy atom. The normalized spacial score (nSPS) is 12.6. The van der Waals surface area contributed by atoms with Crippen LogP contribution in [0.1, 0.15) is 5.82 Å². The molecule has 9 heteroatoms. The number of benzene rings is 2. The van der Waals surface area contributed by atoms with Gasteiger partial charge in [0.15, 0.2) is 11.0 Å². The molecule has 0 amide bonds. The number of hydrogen-bond acceptors (Lipinski definition) is 6. The van der Waals surface area contributed by atoms with Gasteiger partial charge in [0.2, 0.25) is 5.78 Å². The van der Waals surface area contributed by atoms with E-state index in [1.165, 1.54) is 11.8 Å². The molecular formula is C20H15N7OS. The second kappa shape index (κ2) is 6.68. The maximum atomic E-state index is 10.7. The number of aromatic amines is 1. The number of fused-ring (bicyclic) bond motifs is 4. The van der Waals surface area contributed by atoms with Crippen LogP contribution in [0.5, 0.6) is 0 Å². The van der Waals surface area contributed by atoms with Crippen LogP contribution in [0.25, 0.3) is 33.4 Å². The molecule has 0 aliphatic rings. The summed E-state index contributed by atoms with van der Waals surface area (Å²) in [6.07, 6.45) is 0. The number of hydrogen-bond donors (Lipinski definition) is 2. The number of aryl methyl sites for hydroxylation is 1. The number of nitrogens with one attached hydrogen (secondary N) is 1. The van der Waals surface area contributed by atoms with Gasteiger partial charge < -0.3 is 9.67 Å².